The Morgan fingerprint density at radius 3 is 2.57 bits per heavy atom. The van der Waals surface area contributed by atoms with Crippen molar-refractivity contribution in [3.63, 3.8) is 0 Å². The Bertz CT molecular complexity index is 621. The summed E-state index contributed by atoms with van der Waals surface area (Å²) in [6, 6.07) is 6.10. The van der Waals surface area contributed by atoms with Gasteiger partial charge in [-0.25, -0.2) is 0 Å². The summed E-state index contributed by atoms with van der Waals surface area (Å²) in [5.74, 6) is 0.135. The minimum absolute atomic E-state index is 0. The minimum atomic E-state index is -2.87. The number of nitrogens with two attached hydrogens (primary N) is 1. The van der Waals surface area contributed by atoms with Crippen LogP contribution in [0.1, 0.15) is 19.3 Å². The van der Waals surface area contributed by atoms with Crippen LogP contribution in [0, 0.1) is 5.92 Å². The number of hydrogen-bond acceptors (Lipinski definition) is 5. The van der Waals surface area contributed by atoms with Crippen LogP contribution in [0.2, 0.25) is 0 Å². The summed E-state index contributed by atoms with van der Waals surface area (Å²) in [4.78, 5) is 14.4. The van der Waals surface area contributed by atoms with Gasteiger partial charge < -0.3 is 25.4 Å². The van der Waals surface area contributed by atoms with E-state index in [4.69, 9.17) is 10.5 Å². The Hall–Kier alpha value is -1.35. The number of carbonyl (C=O) groups is 1. The number of alkyl halides is 2. The molecule has 160 valence electrons. The van der Waals surface area contributed by atoms with E-state index >= 15 is 0 Å². The van der Waals surface area contributed by atoms with Gasteiger partial charge in [0, 0.05) is 32.3 Å². The number of benzene rings is 1. The normalized spacial score (nSPS) is 20.9. The second-order valence-electron chi connectivity index (χ2n) is 6.76. The first-order chi connectivity index (χ1) is 12.5. The van der Waals surface area contributed by atoms with E-state index in [0.717, 1.165) is 19.3 Å². The average molecular weight is 442 g/mol. The first-order valence-electron chi connectivity index (χ1n) is 8.97. The highest BCUT2D eigenvalue weighted by molar-refractivity contribution is 5.85. The summed E-state index contributed by atoms with van der Waals surface area (Å²) in [6.45, 7) is -0.392. The van der Waals surface area contributed by atoms with Crippen molar-refractivity contribution in [3.8, 4) is 5.75 Å². The van der Waals surface area contributed by atoms with Gasteiger partial charge in [0.15, 0.2) is 0 Å². The molecule has 10 heteroatoms. The maximum atomic E-state index is 12.6. The second kappa shape index (κ2) is 11.6. The van der Waals surface area contributed by atoms with Gasteiger partial charge in [0.1, 0.15) is 5.75 Å². The molecular formula is C18H27Cl2F2N3O3. The lowest BCUT2D eigenvalue weighted by molar-refractivity contribution is -0.124. The van der Waals surface area contributed by atoms with Crippen LogP contribution in [0.4, 0.5) is 14.5 Å². The van der Waals surface area contributed by atoms with E-state index in [1.165, 1.54) is 6.07 Å². The van der Waals surface area contributed by atoms with Crippen molar-refractivity contribution >= 4 is 36.4 Å². The number of hydrogen-bond donors (Lipinski definition) is 2. The van der Waals surface area contributed by atoms with Gasteiger partial charge >= 0.3 is 6.61 Å². The molecule has 1 amide bonds. The Morgan fingerprint density at radius 1 is 1.21 bits per heavy atom. The second-order valence-corrected chi connectivity index (χ2v) is 6.76. The quantitative estimate of drug-likeness (QED) is 0.709. The van der Waals surface area contributed by atoms with E-state index in [1.807, 2.05) is 4.90 Å². The maximum absolute atomic E-state index is 12.6. The van der Waals surface area contributed by atoms with E-state index in [-0.39, 0.29) is 48.4 Å². The molecule has 6 nitrogen and oxygen atoms in total. The largest absolute Gasteiger partial charge is 0.433 e. The first kappa shape index (κ1) is 24.7. The first-order valence-corrected chi connectivity index (χ1v) is 8.97. The predicted molar refractivity (Wildman–Crippen MR) is 108 cm³/mol. The number of rotatable bonds is 6. The van der Waals surface area contributed by atoms with E-state index in [0.29, 0.717) is 32.0 Å². The summed E-state index contributed by atoms with van der Waals surface area (Å²) in [7, 11) is 0. The Kier molecular flexibility index (Phi) is 10.2. The molecule has 0 radical (unpaired) electrons. The molecule has 2 atom stereocenters. The number of nitrogens with one attached hydrogen (secondary N) is 1. The Morgan fingerprint density at radius 2 is 1.89 bits per heavy atom. The highest BCUT2D eigenvalue weighted by Gasteiger charge is 2.31. The lowest BCUT2D eigenvalue weighted by atomic mass is 9.91. The van der Waals surface area contributed by atoms with Crippen LogP contribution < -0.4 is 20.7 Å². The summed E-state index contributed by atoms with van der Waals surface area (Å²) >= 11 is 0. The van der Waals surface area contributed by atoms with Crippen molar-refractivity contribution in [2.45, 2.75) is 38.0 Å². The third kappa shape index (κ3) is 6.34. The van der Waals surface area contributed by atoms with Crippen LogP contribution in [0.3, 0.4) is 0 Å². The predicted octanol–water partition coefficient (Wildman–Crippen LogP) is 2.58. The van der Waals surface area contributed by atoms with Gasteiger partial charge in [-0.05, 0) is 37.3 Å². The third-order valence-electron chi connectivity index (χ3n) is 5.03. The van der Waals surface area contributed by atoms with Crippen LogP contribution in [0.25, 0.3) is 0 Å². The molecule has 0 saturated carbocycles. The Balaban J connectivity index is 0.00000196. The summed E-state index contributed by atoms with van der Waals surface area (Å²) < 4.78 is 35.1. The molecule has 1 aromatic rings. The molecule has 3 rings (SSSR count). The number of nitrogens with zero attached hydrogens (tertiary/aromatic N) is 1. The number of amides is 1. The van der Waals surface area contributed by atoms with Crippen molar-refractivity contribution in [2.75, 3.05) is 31.2 Å². The molecule has 0 spiro atoms. The molecule has 2 saturated heterocycles. The number of anilines is 1. The van der Waals surface area contributed by atoms with E-state index in [1.54, 1.807) is 18.2 Å². The molecule has 28 heavy (non-hydrogen) atoms. The number of ether oxygens (including phenoxy) is 2. The SMILES string of the molecule is Cl.Cl.NC(C(=O)NC1CCN(c2ccccc2OC(F)F)C1)C1CCOCC1. The van der Waals surface area contributed by atoms with E-state index < -0.39 is 12.7 Å². The van der Waals surface area contributed by atoms with Crippen LogP contribution in [-0.2, 0) is 9.53 Å². The van der Waals surface area contributed by atoms with Gasteiger partial charge in [-0.2, -0.15) is 8.78 Å². The van der Waals surface area contributed by atoms with E-state index in [9.17, 15) is 13.6 Å². The fraction of sp³-hybridized carbons (Fsp3) is 0.611. The molecule has 0 aliphatic carbocycles. The lowest BCUT2D eigenvalue weighted by Crippen LogP contribution is -2.50. The molecule has 3 N–H and O–H groups in total. The zero-order valence-corrected chi connectivity index (χ0v) is 17.0. The third-order valence-corrected chi connectivity index (χ3v) is 5.03. The topological polar surface area (TPSA) is 76.8 Å². The van der Waals surface area contributed by atoms with E-state index in [2.05, 4.69) is 10.1 Å². The fourth-order valence-corrected chi connectivity index (χ4v) is 3.60. The van der Waals surface area contributed by atoms with Gasteiger partial charge in [-0.1, -0.05) is 12.1 Å². The Labute approximate surface area is 175 Å². The highest BCUT2D eigenvalue weighted by atomic mass is 35.5. The molecule has 1 aromatic carbocycles. The average Bonchev–Trinajstić information content (AvgIpc) is 3.10. The zero-order valence-electron chi connectivity index (χ0n) is 15.4. The van der Waals surface area contributed by atoms with Crippen LogP contribution in [-0.4, -0.2) is 50.9 Å². The standard InChI is InChI=1S/C18H25F2N3O3.2ClH/c19-18(20)26-15-4-2-1-3-14(15)23-8-5-13(11-23)22-17(24)16(21)12-6-9-25-10-7-12;;/h1-4,12-13,16,18H,5-11,21H2,(H,22,24);2*1H. The number of halogens is 4. The van der Waals surface area contributed by atoms with Crippen molar-refractivity contribution in [1.82, 2.24) is 5.32 Å². The summed E-state index contributed by atoms with van der Waals surface area (Å²) in [5, 5.41) is 3.00. The maximum Gasteiger partial charge on any atom is 0.387 e. The smallest absolute Gasteiger partial charge is 0.387 e. The van der Waals surface area contributed by atoms with Gasteiger partial charge in [0.2, 0.25) is 5.91 Å². The fourth-order valence-electron chi connectivity index (χ4n) is 3.60. The van der Waals surface area contributed by atoms with Gasteiger partial charge in [0.25, 0.3) is 0 Å². The van der Waals surface area contributed by atoms with Crippen LogP contribution in [0.15, 0.2) is 24.3 Å². The number of carbonyl (C=O) groups excluding carboxylic acids is 1. The zero-order chi connectivity index (χ0) is 18.5. The van der Waals surface area contributed by atoms with Crippen molar-refractivity contribution in [1.29, 1.82) is 0 Å². The highest BCUT2D eigenvalue weighted by Crippen LogP contribution is 2.31. The summed E-state index contributed by atoms with van der Waals surface area (Å²) in [5.41, 5.74) is 6.72. The molecular weight excluding hydrogens is 415 g/mol. The minimum Gasteiger partial charge on any atom is -0.433 e. The van der Waals surface area contributed by atoms with Gasteiger partial charge in [-0.3, -0.25) is 4.79 Å². The van der Waals surface area contributed by atoms with Gasteiger partial charge in [0.05, 0.1) is 11.7 Å². The van der Waals surface area contributed by atoms with Gasteiger partial charge in [-0.15, -0.1) is 24.8 Å². The van der Waals surface area contributed by atoms with Crippen LogP contribution >= 0.6 is 24.8 Å². The molecule has 2 aliphatic heterocycles. The molecule has 0 bridgehead atoms. The van der Waals surface area contributed by atoms with Crippen LogP contribution in [0.5, 0.6) is 5.75 Å². The van der Waals surface area contributed by atoms with Crippen molar-refractivity contribution in [2.24, 2.45) is 11.7 Å². The molecule has 2 unspecified atom stereocenters. The monoisotopic (exact) mass is 441 g/mol. The molecule has 2 heterocycles. The van der Waals surface area contributed by atoms with Crippen molar-refractivity contribution < 1.29 is 23.0 Å². The summed E-state index contributed by atoms with van der Waals surface area (Å²) in [6.07, 6.45) is 2.32. The van der Waals surface area contributed by atoms with Crippen molar-refractivity contribution in [3.05, 3.63) is 24.3 Å². The molecule has 0 aromatic heterocycles. The molecule has 2 fully saturated rings. The lowest BCUT2D eigenvalue weighted by Gasteiger charge is -2.28. The molecule has 2 aliphatic rings. The number of para-hydroxylation sites is 2.